The summed E-state index contributed by atoms with van der Waals surface area (Å²) in [6.07, 6.45) is 39.6. The molecule has 0 spiro atoms. The van der Waals surface area contributed by atoms with Crippen LogP contribution in [0.1, 0.15) is 64.6 Å². The Labute approximate surface area is 279 Å². The van der Waals surface area contributed by atoms with Gasteiger partial charge in [-0.1, -0.05) is 135 Å². The quantitative estimate of drug-likeness (QED) is 0.176. The molecule has 0 bridgehead atoms. The SMILES string of the molecule is C=C/C=C\c1c(C)c2ccccc2n1C1C=Cc2c(c3c(n2C(=C)/C=C\C=C\C2C=C(c4ccccc4)C=CC2)C=CCC=C3)CC1. The molecule has 2 atom stereocenters. The molecule has 3 aliphatic rings. The number of aryl methyl sites for hydroxylation is 1. The molecule has 2 unspecified atom stereocenters. The van der Waals surface area contributed by atoms with Crippen molar-refractivity contribution in [2.24, 2.45) is 5.92 Å². The normalized spacial score (nSPS) is 19.0. The molecule has 2 nitrogen and oxygen atoms in total. The van der Waals surface area contributed by atoms with Gasteiger partial charge in [-0.25, -0.2) is 0 Å². The van der Waals surface area contributed by atoms with Crippen LogP contribution in [0.3, 0.4) is 0 Å². The van der Waals surface area contributed by atoms with Crippen LogP contribution in [0.4, 0.5) is 0 Å². The Balaban J connectivity index is 1.20. The molecule has 0 saturated carbocycles. The molecular formula is C45H42N2. The van der Waals surface area contributed by atoms with Gasteiger partial charge < -0.3 is 9.13 Å². The van der Waals surface area contributed by atoms with E-state index in [0.29, 0.717) is 5.92 Å². The van der Waals surface area contributed by atoms with Crippen LogP contribution in [0.2, 0.25) is 0 Å². The summed E-state index contributed by atoms with van der Waals surface area (Å²) in [6, 6.07) is 19.6. The molecule has 232 valence electrons. The molecule has 4 aromatic rings. The number of allylic oxidation sites excluding steroid dienone is 14. The van der Waals surface area contributed by atoms with Crippen LogP contribution in [-0.4, -0.2) is 9.13 Å². The molecule has 2 heterocycles. The first-order valence-corrected chi connectivity index (χ1v) is 16.8. The molecule has 3 aliphatic carbocycles. The van der Waals surface area contributed by atoms with E-state index in [1.807, 2.05) is 12.2 Å². The van der Waals surface area contributed by atoms with Gasteiger partial charge in [0.1, 0.15) is 0 Å². The highest BCUT2D eigenvalue weighted by atomic mass is 15.0. The number of benzene rings is 2. The van der Waals surface area contributed by atoms with E-state index in [-0.39, 0.29) is 6.04 Å². The number of hydrogen-bond acceptors (Lipinski definition) is 0. The molecule has 47 heavy (non-hydrogen) atoms. The minimum Gasteiger partial charge on any atom is -0.334 e. The van der Waals surface area contributed by atoms with Crippen molar-refractivity contribution >= 4 is 46.5 Å². The van der Waals surface area contributed by atoms with E-state index in [1.54, 1.807) is 0 Å². The second-order valence-electron chi connectivity index (χ2n) is 12.5. The van der Waals surface area contributed by atoms with Crippen molar-refractivity contribution < 1.29 is 0 Å². The van der Waals surface area contributed by atoms with Gasteiger partial charge in [-0.2, -0.15) is 0 Å². The lowest BCUT2D eigenvalue weighted by molar-refractivity contribution is 0.575. The van der Waals surface area contributed by atoms with Crippen molar-refractivity contribution in [3.05, 3.63) is 180 Å². The standard InChI is InChI=1S/C45H42N2/c1-4-5-25-42-34(3)39-23-14-15-27-43(39)47(42)38-28-30-41-40-24-10-7-11-26-44(40)46(45(41)31-29-38)33(2)17-12-13-18-35-19-16-22-37(32-35)36-20-8-6-9-21-36/h4-6,8-18,20-27,29,31-32,35,38H,1-2,7,19,28,30H2,3H3/b17-12-,18-13+,25-5-. The van der Waals surface area contributed by atoms with Gasteiger partial charge in [-0.3, -0.25) is 0 Å². The average Bonchev–Trinajstić information content (AvgIpc) is 3.30. The van der Waals surface area contributed by atoms with Crippen LogP contribution < -0.4 is 0 Å². The number of aromatic nitrogens is 2. The maximum absolute atomic E-state index is 4.58. The summed E-state index contributed by atoms with van der Waals surface area (Å²) in [5, 5.41) is 1.31. The smallest absolute Gasteiger partial charge is 0.0534 e. The Morgan fingerprint density at radius 3 is 2.57 bits per heavy atom. The Morgan fingerprint density at radius 1 is 0.872 bits per heavy atom. The molecule has 0 amide bonds. The summed E-state index contributed by atoms with van der Waals surface area (Å²) in [6.45, 7) is 10.7. The maximum Gasteiger partial charge on any atom is 0.0534 e. The average molecular weight is 611 g/mol. The largest absolute Gasteiger partial charge is 0.334 e. The van der Waals surface area contributed by atoms with Gasteiger partial charge in [-0.05, 0) is 91.2 Å². The maximum atomic E-state index is 4.58. The van der Waals surface area contributed by atoms with Crippen molar-refractivity contribution in [2.75, 3.05) is 0 Å². The summed E-state index contributed by atoms with van der Waals surface area (Å²) in [5.74, 6) is 0.375. The molecule has 0 N–H and O–H groups in total. The van der Waals surface area contributed by atoms with E-state index >= 15 is 0 Å². The van der Waals surface area contributed by atoms with E-state index < -0.39 is 0 Å². The van der Waals surface area contributed by atoms with E-state index in [0.717, 1.165) is 31.4 Å². The Hall–Kier alpha value is -5.34. The molecule has 2 heteroatoms. The van der Waals surface area contributed by atoms with Gasteiger partial charge in [0.25, 0.3) is 0 Å². The first-order chi connectivity index (χ1) is 23.1. The van der Waals surface area contributed by atoms with E-state index in [1.165, 1.54) is 55.8 Å². The van der Waals surface area contributed by atoms with Gasteiger partial charge >= 0.3 is 0 Å². The molecule has 0 fully saturated rings. The van der Waals surface area contributed by atoms with Crippen LogP contribution in [-0.2, 0) is 6.42 Å². The predicted octanol–water partition coefficient (Wildman–Crippen LogP) is 11.8. The van der Waals surface area contributed by atoms with Crippen LogP contribution in [0, 0.1) is 12.8 Å². The zero-order valence-electron chi connectivity index (χ0n) is 27.2. The van der Waals surface area contributed by atoms with Gasteiger partial charge in [0.15, 0.2) is 0 Å². The Bertz CT molecular complexity index is 2070. The van der Waals surface area contributed by atoms with Crippen molar-refractivity contribution in [2.45, 2.75) is 38.6 Å². The molecule has 2 aromatic heterocycles. The van der Waals surface area contributed by atoms with E-state index in [2.05, 4.69) is 169 Å². The number of nitrogens with zero attached hydrogens (tertiary/aromatic N) is 2. The number of fused-ring (bicyclic) bond motifs is 4. The van der Waals surface area contributed by atoms with Crippen molar-refractivity contribution in [1.82, 2.24) is 9.13 Å². The van der Waals surface area contributed by atoms with Gasteiger partial charge in [0.05, 0.1) is 11.7 Å². The first kappa shape index (κ1) is 30.3. The first-order valence-electron chi connectivity index (χ1n) is 16.8. The van der Waals surface area contributed by atoms with E-state index in [4.69, 9.17) is 0 Å². The van der Waals surface area contributed by atoms with E-state index in [9.17, 15) is 0 Å². The topological polar surface area (TPSA) is 9.86 Å². The van der Waals surface area contributed by atoms with Crippen LogP contribution >= 0.6 is 0 Å². The van der Waals surface area contributed by atoms with Crippen LogP contribution in [0.15, 0.2) is 141 Å². The summed E-state index contributed by atoms with van der Waals surface area (Å²) >= 11 is 0. The number of hydrogen-bond donors (Lipinski definition) is 0. The summed E-state index contributed by atoms with van der Waals surface area (Å²) in [7, 11) is 0. The highest BCUT2D eigenvalue weighted by Crippen LogP contribution is 2.39. The van der Waals surface area contributed by atoms with Gasteiger partial charge in [0.2, 0.25) is 0 Å². The second-order valence-corrected chi connectivity index (χ2v) is 12.5. The zero-order valence-corrected chi connectivity index (χ0v) is 27.2. The third-order valence-electron chi connectivity index (χ3n) is 9.58. The van der Waals surface area contributed by atoms with Gasteiger partial charge in [0, 0.05) is 33.6 Å². The summed E-state index contributed by atoms with van der Waals surface area (Å²) in [5.41, 5.74) is 12.5. The fourth-order valence-corrected chi connectivity index (χ4v) is 7.31. The van der Waals surface area contributed by atoms with Crippen molar-refractivity contribution in [1.29, 1.82) is 0 Å². The van der Waals surface area contributed by atoms with Crippen LogP contribution in [0.25, 0.3) is 46.5 Å². The molecule has 7 rings (SSSR count). The highest BCUT2D eigenvalue weighted by Gasteiger charge is 2.25. The Morgan fingerprint density at radius 2 is 1.70 bits per heavy atom. The van der Waals surface area contributed by atoms with Crippen molar-refractivity contribution in [3.63, 3.8) is 0 Å². The third kappa shape index (κ3) is 6.00. The summed E-state index contributed by atoms with van der Waals surface area (Å²) < 4.78 is 4.87. The molecule has 0 aliphatic heterocycles. The van der Waals surface area contributed by atoms with Crippen LogP contribution in [0.5, 0.6) is 0 Å². The Kier molecular flexibility index (Phi) is 8.75. The lowest BCUT2D eigenvalue weighted by Crippen LogP contribution is -2.09. The molecule has 2 aromatic carbocycles. The fourth-order valence-electron chi connectivity index (χ4n) is 7.31. The highest BCUT2D eigenvalue weighted by molar-refractivity contribution is 5.88. The van der Waals surface area contributed by atoms with Crippen molar-refractivity contribution in [3.8, 4) is 0 Å². The predicted molar refractivity (Wildman–Crippen MR) is 205 cm³/mol. The molecule has 0 saturated heterocycles. The second kappa shape index (κ2) is 13.6. The lowest BCUT2D eigenvalue weighted by Gasteiger charge is -2.18. The third-order valence-corrected chi connectivity index (χ3v) is 9.58. The molecule has 0 radical (unpaired) electrons. The minimum absolute atomic E-state index is 0.227. The summed E-state index contributed by atoms with van der Waals surface area (Å²) in [4.78, 5) is 0. The number of rotatable bonds is 8. The fraction of sp³-hybridized carbons (Fsp3) is 0.156. The lowest BCUT2D eigenvalue weighted by atomic mass is 9.92. The van der Waals surface area contributed by atoms with Gasteiger partial charge in [-0.15, -0.1) is 0 Å². The number of para-hydroxylation sites is 1. The molecular weight excluding hydrogens is 569 g/mol. The zero-order chi connectivity index (χ0) is 32.2. The monoisotopic (exact) mass is 610 g/mol. The minimum atomic E-state index is 0.227.